The Balaban J connectivity index is 2.55. The molecule has 3 N–H and O–H groups in total. The molecule has 1 rings (SSSR count). The molecule has 0 bridgehead atoms. The lowest BCUT2D eigenvalue weighted by Crippen LogP contribution is -2.37. The number of alkyl halides is 3. The Morgan fingerprint density at radius 2 is 2.26 bits per heavy atom. The number of ether oxygens (including phenoxy) is 1. The molecule has 1 atom stereocenters. The minimum atomic E-state index is -4.42. The summed E-state index contributed by atoms with van der Waals surface area (Å²) >= 11 is 0. The SMILES string of the molecule is CC(N)C(=O)NCc1ccnc(OCC(F)(F)F)c1. The molecular weight excluding hydrogens is 263 g/mol. The Labute approximate surface area is 108 Å². The van der Waals surface area contributed by atoms with Gasteiger partial charge in [-0.25, -0.2) is 4.98 Å². The van der Waals surface area contributed by atoms with Gasteiger partial charge in [-0.05, 0) is 18.6 Å². The molecule has 1 heterocycles. The number of carbonyl (C=O) groups excluding carboxylic acids is 1. The van der Waals surface area contributed by atoms with Crippen LogP contribution in [-0.4, -0.2) is 29.7 Å². The van der Waals surface area contributed by atoms with E-state index in [9.17, 15) is 18.0 Å². The van der Waals surface area contributed by atoms with Crippen molar-refractivity contribution in [1.29, 1.82) is 0 Å². The van der Waals surface area contributed by atoms with Crippen molar-refractivity contribution in [2.75, 3.05) is 6.61 Å². The highest BCUT2D eigenvalue weighted by atomic mass is 19.4. The van der Waals surface area contributed by atoms with Crippen LogP contribution in [0.4, 0.5) is 13.2 Å². The molecule has 0 aromatic carbocycles. The number of nitrogens with one attached hydrogen (secondary N) is 1. The van der Waals surface area contributed by atoms with Gasteiger partial charge in [0, 0.05) is 18.8 Å². The molecule has 0 spiro atoms. The number of rotatable bonds is 5. The second kappa shape index (κ2) is 6.37. The van der Waals surface area contributed by atoms with Gasteiger partial charge in [0.1, 0.15) is 0 Å². The number of hydrogen-bond donors (Lipinski definition) is 2. The van der Waals surface area contributed by atoms with Crippen molar-refractivity contribution in [3.8, 4) is 5.88 Å². The summed E-state index contributed by atoms with van der Waals surface area (Å²) in [5, 5.41) is 2.53. The lowest BCUT2D eigenvalue weighted by atomic mass is 10.2. The van der Waals surface area contributed by atoms with Crippen molar-refractivity contribution in [3.05, 3.63) is 23.9 Å². The van der Waals surface area contributed by atoms with Gasteiger partial charge in [0.2, 0.25) is 11.8 Å². The van der Waals surface area contributed by atoms with E-state index in [0.717, 1.165) is 0 Å². The van der Waals surface area contributed by atoms with Crippen LogP contribution in [0.2, 0.25) is 0 Å². The number of pyridine rings is 1. The minimum Gasteiger partial charge on any atom is -0.468 e. The van der Waals surface area contributed by atoms with Gasteiger partial charge in [-0.1, -0.05) is 0 Å². The summed E-state index contributed by atoms with van der Waals surface area (Å²) in [7, 11) is 0. The molecule has 0 fully saturated rings. The van der Waals surface area contributed by atoms with Crippen molar-refractivity contribution in [2.45, 2.75) is 25.7 Å². The lowest BCUT2D eigenvalue weighted by molar-refractivity contribution is -0.154. The summed E-state index contributed by atoms with van der Waals surface area (Å²) in [6, 6.07) is 2.23. The second-order valence-electron chi connectivity index (χ2n) is 3.91. The van der Waals surface area contributed by atoms with Crippen LogP contribution < -0.4 is 15.8 Å². The average molecular weight is 277 g/mol. The fraction of sp³-hybridized carbons (Fsp3) is 0.455. The van der Waals surface area contributed by atoms with E-state index in [2.05, 4.69) is 15.0 Å². The lowest BCUT2D eigenvalue weighted by Gasteiger charge is -2.10. The molecule has 8 heteroatoms. The van der Waals surface area contributed by atoms with Crippen molar-refractivity contribution in [1.82, 2.24) is 10.3 Å². The zero-order valence-corrected chi connectivity index (χ0v) is 10.2. The van der Waals surface area contributed by atoms with E-state index >= 15 is 0 Å². The van der Waals surface area contributed by atoms with E-state index in [-0.39, 0.29) is 18.3 Å². The summed E-state index contributed by atoms with van der Waals surface area (Å²) in [5.74, 6) is -0.501. The summed E-state index contributed by atoms with van der Waals surface area (Å²) in [6.45, 7) is 0.265. The average Bonchev–Trinajstić information content (AvgIpc) is 2.33. The van der Waals surface area contributed by atoms with E-state index in [0.29, 0.717) is 5.56 Å². The maximum absolute atomic E-state index is 12.0. The first kappa shape index (κ1) is 15.2. The molecule has 0 aliphatic carbocycles. The topological polar surface area (TPSA) is 77.2 Å². The fourth-order valence-electron chi connectivity index (χ4n) is 1.15. The highest BCUT2D eigenvalue weighted by molar-refractivity contribution is 5.80. The third-order valence-corrected chi connectivity index (χ3v) is 2.06. The normalized spacial score (nSPS) is 12.9. The molecule has 1 aromatic heterocycles. The summed E-state index contributed by atoms with van der Waals surface area (Å²) < 4.78 is 40.4. The van der Waals surface area contributed by atoms with Gasteiger partial charge in [-0.3, -0.25) is 4.79 Å². The molecule has 0 saturated carbocycles. The predicted molar refractivity (Wildman–Crippen MR) is 61.3 cm³/mol. The summed E-state index contributed by atoms with van der Waals surface area (Å²) in [5.41, 5.74) is 5.92. The van der Waals surface area contributed by atoms with Crippen molar-refractivity contribution >= 4 is 5.91 Å². The Morgan fingerprint density at radius 3 is 2.84 bits per heavy atom. The molecule has 1 unspecified atom stereocenters. The monoisotopic (exact) mass is 277 g/mol. The Morgan fingerprint density at radius 1 is 1.58 bits per heavy atom. The number of nitrogens with two attached hydrogens (primary N) is 1. The van der Waals surface area contributed by atoms with Crippen LogP contribution in [0.15, 0.2) is 18.3 Å². The molecule has 1 aromatic rings. The zero-order chi connectivity index (χ0) is 14.5. The van der Waals surface area contributed by atoms with Crippen LogP contribution in [0.5, 0.6) is 5.88 Å². The van der Waals surface area contributed by atoms with Gasteiger partial charge in [0.05, 0.1) is 6.04 Å². The number of hydrogen-bond acceptors (Lipinski definition) is 4. The first-order valence-corrected chi connectivity index (χ1v) is 5.46. The molecule has 5 nitrogen and oxygen atoms in total. The van der Waals surface area contributed by atoms with Crippen LogP contribution in [-0.2, 0) is 11.3 Å². The molecule has 0 saturated heterocycles. The van der Waals surface area contributed by atoms with Gasteiger partial charge in [-0.15, -0.1) is 0 Å². The molecule has 0 aliphatic heterocycles. The number of nitrogens with zero attached hydrogens (tertiary/aromatic N) is 1. The molecule has 0 radical (unpaired) electrons. The standard InChI is InChI=1S/C11H14F3N3O2/c1-7(15)10(18)17-5-8-2-3-16-9(4-8)19-6-11(12,13)14/h2-4,7H,5-6,15H2,1H3,(H,17,18). The first-order chi connectivity index (χ1) is 8.78. The molecule has 1 amide bonds. The van der Waals surface area contributed by atoms with E-state index in [1.54, 1.807) is 6.07 Å². The third-order valence-electron chi connectivity index (χ3n) is 2.06. The van der Waals surface area contributed by atoms with Crippen molar-refractivity contribution in [3.63, 3.8) is 0 Å². The summed E-state index contributed by atoms with van der Waals surface area (Å²) in [6.07, 6.45) is -3.11. The highest BCUT2D eigenvalue weighted by Gasteiger charge is 2.28. The Bertz CT molecular complexity index is 435. The van der Waals surface area contributed by atoms with Crippen LogP contribution in [0.1, 0.15) is 12.5 Å². The molecule has 19 heavy (non-hydrogen) atoms. The maximum Gasteiger partial charge on any atom is 0.422 e. The highest BCUT2D eigenvalue weighted by Crippen LogP contribution is 2.17. The van der Waals surface area contributed by atoms with Gasteiger partial charge in [0.15, 0.2) is 6.61 Å². The Kier molecular flexibility index (Phi) is 5.11. The van der Waals surface area contributed by atoms with Gasteiger partial charge in [0.25, 0.3) is 0 Å². The maximum atomic E-state index is 12.0. The summed E-state index contributed by atoms with van der Waals surface area (Å²) in [4.78, 5) is 14.9. The second-order valence-corrected chi connectivity index (χ2v) is 3.91. The first-order valence-electron chi connectivity index (χ1n) is 5.46. The number of amides is 1. The smallest absolute Gasteiger partial charge is 0.422 e. The van der Waals surface area contributed by atoms with Crippen molar-refractivity contribution in [2.24, 2.45) is 5.73 Å². The molecular formula is C11H14F3N3O2. The minimum absolute atomic E-state index is 0.144. The predicted octanol–water partition coefficient (Wildman–Crippen LogP) is 0.986. The van der Waals surface area contributed by atoms with E-state index in [1.165, 1.54) is 19.2 Å². The van der Waals surface area contributed by atoms with Crippen LogP contribution in [0.25, 0.3) is 0 Å². The van der Waals surface area contributed by atoms with Crippen LogP contribution in [0, 0.1) is 0 Å². The van der Waals surface area contributed by atoms with E-state index < -0.39 is 18.8 Å². The van der Waals surface area contributed by atoms with Gasteiger partial charge < -0.3 is 15.8 Å². The van der Waals surface area contributed by atoms with Crippen LogP contribution in [0.3, 0.4) is 0 Å². The Hall–Kier alpha value is -1.83. The molecule has 0 aliphatic rings. The van der Waals surface area contributed by atoms with Crippen LogP contribution >= 0.6 is 0 Å². The van der Waals surface area contributed by atoms with Crippen molar-refractivity contribution < 1.29 is 22.7 Å². The molecule has 106 valence electrons. The quantitative estimate of drug-likeness (QED) is 0.841. The van der Waals surface area contributed by atoms with Gasteiger partial charge >= 0.3 is 6.18 Å². The number of carbonyl (C=O) groups is 1. The fourth-order valence-corrected chi connectivity index (χ4v) is 1.15. The van der Waals surface area contributed by atoms with Gasteiger partial charge in [-0.2, -0.15) is 13.2 Å². The largest absolute Gasteiger partial charge is 0.468 e. The number of halogens is 3. The third kappa shape index (κ3) is 6.05. The number of aromatic nitrogens is 1. The van der Waals surface area contributed by atoms with E-state index in [1.807, 2.05) is 0 Å². The zero-order valence-electron chi connectivity index (χ0n) is 10.2. The van der Waals surface area contributed by atoms with E-state index in [4.69, 9.17) is 5.73 Å².